The normalized spacial score (nSPS) is 18.9. The number of aliphatic carboxylic acids is 1. The molecule has 21 heavy (non-hydrogen) atoms. The van der Waals surface area contributed by atoms with Crippen molar-refractivity contribution >= 4 is 38.7 Å². The molecule has 1 amide bonds. The number of carbonyl (C=O) groups excluding carboxylic acids is 1. The zero-order chi connectivity index (χ0) is 15.0. The molecule has 3 rings (SSSR count). The molecular weight excluding hydrogens is 340 g/mol. The third kappa shape index (κ3) is 2.66. The first-order valence-electron chi connectivity index (χ1n) is 6.46. The molecule has 0 radical (unpaired) electrons. The molecule has 0 spiro atoms. The molecule has 0 saturated carbocycles. The van der Waals surface area contributed by atoms with E-state index < -0.39 is 12.0 Å². The molecule has 1 aliphatic rings. The van der Waals surface area contributed by atoms with Crippen LogP contribution in [-0.2, 0) is 9.53 Å². The largest absolute Gasteiger partial charge is 0.480 e. The molecule has 0 aliphatic carbocycles. The lowest BCUT2D eigenvalue weighted by molar-refractivity contribution is -0.147. The summed E-state index contributed by atoms with van der Waals surface area (Å²) in [4.78, 5) is 28.1. The van der Waals surface area contributed by atoms with Gasteiger partial charge in [-0.2, -0.15) is 0 Å². The number of benzene rings is 1. The minimum Gasteiger partial charge on any atom is -0.480 e. The van der Waals surface area contributed by atoms with Gasteiger partial charge in [0.15, 0.2) is 6.04 Å². The Hall–Kier alpha value is -1.86. The van der Waals surface area contributed by atoms with Crippen molar-refractivity contribution in [3.8, 4) is 0 Å². The van der Waals surface area contributed by atoms with Gasteiger partial charge in [-0.3, -0.25) is 4.79 Å². The molecule has 1 aromatic carbocycles. The number of H-pyrrole nitrogens is 1. The molecule has 2 N–H and O–H groups in total. The minimum absolute atomic E-state index is 0.0207. The van der Waals surface area contributed by atoms with Gasteiger partial charge >= 0.3 is 5.97 Å². The van der Waals surface area contributed by atoms with E-state index in [9.17, 15) is 14.7 Å². The van der Waals surface area contributed by atoms with Crippen molar-refractivity contribution in [1.29, 1.82) is 0 Å². The zero-order valence-electron chi connectivity index (χ0n) is 11.0. The van der Waals surface area contributed by atoms with Crippen molar-refractivity contribution in [2.24, 2.45) is 0 Å². The van der Waals surface area contributed by atoms with E-state index in [1.54, 1.807) is 6.07 Å². The van der Waals surface area contributed by atoms with Gasteiger partial charge < -0.3 is 19.7 Å². The van der Waals surface area contributed by atoms with Crippen molar-refractivity contribution in [3.63, 3.8) is 0 Å². The predicted molar refractivity (Wildman–Crippen MR) is 79.3 cm³/mol. The lowest BCUT2D eigenvalue weighted by Crippen LogP contribution is -2.52. The standard InChI is InChI=1S/C14H13BrN2O4/c15-9-1-2-10-8(5-9)6-11(16-10)13(18)17-3-4-21-7-12(17)14(19)20/h1-2,5-6,12,16H,3-4,7H2,(H,19,20)/t12-/m0/s1. The lowest BCUT2D eigenvalue weighted by atomic mass is 10.2. The highest BCUT2D eigenvalue weighted by Crippen LogP contribution is 2.22. The number of ether oxygens (including phenoxy) is 1. The summed E-state index contributed by atoms with van der Waals surface area (Å²) in [6.07, 6.45) is 0. The first-order chi connectivity index (χ1) is 10.1. The second kappa shape index (κ2) is 5.50. The maximum absolute atomic E-state index is 12.5. The van der Waals surface area contributed by atoms with E-state index in [-0.39, 0.29) is 19.1 Å². The van der Waals surface area contributed by atoms with Crippen LogP contribution in [0, 0.1) is 0 Å². The van der Waals surface area contributed by atoms with Crippen LogP contribution in [-0.4, -0.2) is 52.7 Å². The molecule has 110 valence electrons. The number of morpholine rings is 1. The number of hydrogen-bond acceptors (Lipinski definition) is 3. The van der Waals surface area contributed by atoms with Crippen molar-refractivity contribution in [1.82, 2.24) is 9.88 Å². The minimum atomic E-state index is -1.05. The van der Waals surface area contributed by atoms with Crippen LogP contribution in [0.1, 0.15) is 10.5 Å². The Balaban J connectivity index is 1.93. The summed E-state index contributed by atoms with van der Waals surface area (Å²) in [6.45, 7) is 0.642. The number of nitrogens with zero attached hydrogens (tertiary/aromatic N) is 1. The highest BCUT2D eigenvalue weighted by Gasteiger charge is 2.33. The van der Waals surface area contributed by atoms with Gasteiger partial charge in [-0.05, 0) is 24.3 Å². The van der Waals surface area contributed by atoms with E-state index in [2.05, 4.69) is 20.9 Å². The van der Waals surface area contributed by atoms with Crippen LogP contribution in [0.25, 0.3) is 10.9 Å². The van der Waals surface area contributed by atoms with Crippen LogP contribution < -0.4 is 0 Å². The van der Waals surface area contributed by atoms with Gasteiger partial charge in [-0.25, -0.2) is 4.79 Å². The van der Waals surface area contributed by atoms with E-state index in [0.29, 0.717) is 12.3 Å². The predicted octanol–water partition coefficient (Wildman–Crippen LogP) is 1.86. The number of aromatic amines is 1. The molecule has 2 aromatic rings. The van der Waals surface area contributed by atoms with Crippen LogP contribution in [0.5, 0.6) is 0 Å². The highest BCUT2D eigenvalue weighted by molar-refractivity contribution is 9.10. The summed E-state index contributed by atoms with van der Waals surface area (Å²) in [6, 6.07) is 6.43. The number of carboxylic acids is 1. The molecule has 0 unspecified atom stereocenters. The fraction of sp³-hybridized carbons (Fsp3) is 0.286. The molecule has 1 aromatic heterocycles. The van der Waals surface area contributed by atoms with Gasteiger partial charge in [-0.1, -0.05) is 15.9 Å². The Bertz CT molecular complexity index is 712. The molecule has 2 heterocycles. The maximum Gasteiger partial charge on any atom is 0.328 e. The second-order valence-electron chi connectivity index (χ2n) is 4.84. The number of carbonyl (C=O) groups is 2. The van der Waals surface area contributed by atoms with Crippen LogP contribution in [0.15, 0.2) is 28.7 Å². The Kier molecular flexibility index (Phi) is 3.69. The van der Waals surface area contributed by atoms with Gasteiger partial charge in [-0.15, -0.1) is 0 Å². The van der Waals surface area contributed by atoms with E-state index in [0.717, 1.165) is 15.4 Å². The Morgan fingerprint density at radius 2 is 2.19 bits per heavy atom. The first kappa shape index (κ1) is 14.1. The topological polar surface area (TPSA) is 82.6 Å². The molecular formula is C14H13BrN2O4. The second-order valence-corrected chi connectivity index (χ2v) is 5.76. The van der Waals surface area contributed by atoms with Gasteiger partial charge in [0.2, 0.25) is 0 Å². The average molecular weight is 353 g/mol. The van der Waals surface area contributed by atoms with Gasteiger partial charge in [0.05, 0.1) is 13.2 Å². The highest BCUT2D eigenvalue weighted by atomic mass is 79.9. The number of fused-ring (bicyclic) bond motifs is 1. The zero-order valence-corrected chi connectivity index (χ0v) is 12.6. The smallest absolute Gasteiger partial charge is 0.328 e. The Morgan fingerprint density at radius 3 is 2.95 bits per heavy atom. The van der Waals surface area contributed by atoms with Crippen LogP contribution in [0.4, 0.5) is 0 Å². The van der Waals surface area contributed by atoms with Crippen molar-refractivity contribution in [3.05, 3.63) is 34.4 Å². The van der Waals surface area contributed by atoms with E-state index in [4.69, 9.17) is 4.74 Å². The van der Waals surface area contributed by atoms with E-state index in [1.807, 2.05) is 18.2 Å². The Morgan fingerprint density at radius 1 is 1.38 bits per heavy atom. The molecule has 1 atom stereocenters. The van der Waals surface area contributed by atoms with Gasteiger partial charge in [0.1, 0.15) is 5.69 Å². The molecule has 1 fully saturated rings. The quantitative estimate of drug-likeness (QED) is 0.863. The van der Waals surface area contributed by atoms with E-state index in [1.165, 1.54) is 4.90 Å². The van der Waals surface area contributed by atoms with Crippen molar-refractivity contribution in [2.75, 3.05) is 19.8 Å². The van der Waals surface area contributed by atoms with E-state index >= 15 is 0 Å². The maximum atomic E-state index is 12.5. The molecule has 0 bridgehead atoms. The van der Waals surface area contributed by atoms with Crippen LogP contribution >= 0.6 is 15.9 Å². The third-order valence-corrected chi connectivity index (χ3v) is 3.98. The lowest BCUT2D eigenvalue weighted by Gasteiger charge is -2.32. The molecule has 1 saturated heterocycles. The molecule has 1 aliphatic heterocycles. The SMILES string of the molecule is O=C(O)[C@@H]1COCCN1C(=O)c1cc2cc(Br)ccc2[nH]1. The number of carboxylic acid groups (broad SMARTS) is 1. The Labute approximate surface area is 128 Å². The first-order valence-corrected chi connectivity index (χ1v) is 7.25. The average Bonchev–Trinajstić information content (AvgIpc) is 2.89. The summed E-state index contributed by atoms with van der Waals surface area (Å²) in [5, 5.41) is 10.1. The summed E-state index contributed by atoms with van der Waals surface area (Å²) in [5.41, 5.74) is 1.22. The summed E-state index contributed by atoms with van der Waals surface area (Å²) in [5.74, 6) is -1.38. The number of halogens is 1. The summed E-state index contributed by atoms with van der Waals surface area (Å²) in [7, 11) is 0. The molecule has 7 heteroatoms. The number of hydrogen-bond donors (Lipinski definition) is 2. The van der Waals surface area contributed by atoms with Crippen molar-refractivity contribution in [2.45, 2.75) is 6.04 Å². The summed E-state index contributed by atoms with van der Waals surface area (Å²) < 4.78 is 6.06. The number of nitrogens with one attached hydrogen (secondary N) is 1. The monoisotopic (exact) mass is 352 g/mol. The van der Waals surface area contributed by atoms with Crippen LogP contribution in [0.3, 0.4) is 0 Å². The fourth-order valence-electron chi connectivity index (χ4n) is 2.42. The fourth-order valence-corrected chi connectivity index (χ4v) is 2.80. The van der Waals surface area contributed by atoms with Crippen molar-refractivity contribution < 1.29 is 19.4 Å². The third-order valence-electron chi connectivity index (χ3n) is 3.49. The van der Waals surface area contributed by atoms with Gasteiger partial charge in [0.25, 0.3) is 5.91 Å². The number of rotatable bonds is 2. The number of aromatic nitrogens is 1. The van der Waals surface area contributed by atoms with Gasteiger partial charge in [0, 0.05) is 21.9 Å². The number of amides is 1. The molecule has 6 nitrogen and oxygen atoms in total. The van der Waals surface area contributed by atoms with Crippen LogP contribution in [0.2, 0.25) is 0 Å². The summed E-state index contributed by atoms with van der Waals surface area (Å²) >= 11 is 3.38.